The van der Waals surface area contributed by atoms with Gasteiger partial charge in [0.15, 0.2) is 0 Å². The highest BCUT2D eigenvalue weighted by atomic mass is 16.7. The molecule has 0 N–H and O–H groups in total. The fourth-order valence-electron chi connectivity index (χ4n) is 2.74. The zero-order chi connectivity index (χ0) is 15.8. The molecule has 3 rings (SSSR count). The molecule has 2 aliphatic rings. The molecule has 0 spiro atoms. The molecule has 0 aromatic heterocycles. The first kappa shape index (κ1) is 15.8. The van der Waals surface area contributed by atoms with Gasteiger partial charge in [0, 0.05) is 0 Å². The molecule has 0 bridgehead atoms. The highest BCUT2D eigenvalue weighted by Crippen LogP contribution is 2.36. The Bertz CT molecular complexity index is 536. The van der Waals surface area contributed by atoms with Crippen molar-refractivity contribution in [2.75, 3.05) is 13.2 Å². The van der Waals surface area contributed by atoms with E-state index in [2.05, 4.69) is 58.0 Å². The second-order valence-electron chi connectivity index (χ2n) is 7.17. The molecule has 1 aromatic carbocycles. The Morgan fingerprint density at radius 3 is 2.00 bits per heavy atom. The summed E-state index contributed by atoms with van der Waals surface area (Å²) in [7, 11) is -0.283. The summed E-state index contributed by atoms with van der Waals surface area (Å²) in [4.78, 5) is 0. The van der Waals surface area contributed by atoms with Gasteiger partial charge in [0.1, 0.15) is 0 Å². The molecule has 2 fully saturated rings. The molecule has 1 aromatic rings. The van der Waals surface area contributed by atoms with Gasteiger partial charge in [0.05, 0.1) is 24.4 Å². The van der Waals surface area contributed by atoms with Crippen LogP contribution in [0.1, 0.15) is 46.1 Å². The molecule has 4 heteroatoms. The zero-order valence-corrected chi connectivity index (χ0v) is 14.0. The second kappa shape index (κ2) is 5.84. The summed E-state index contributed by atoms with van der Waals surface area (Å²) in [5, 5.41) is 0. The third-order valence-electron chi connectivity index (χ3n) is 4.97. The third-order valence-corrected chi connectivity index (χ3v) is 4.97. The Kier molecular flexibility index (Phi) is 4.19. The number of hydrogen-bond acceptors (Lipinski definition) is 3. The summed E-state index contributed by atoms with van der Waals surface area (Å²) in [6, 6.07) is 8.49. The van der Waals surface area contributed by atoms with Gasteiger partial charge in [-0.3, -0.25) is 0 Å². The Balaban J connectivity index is 1.72. The van der Waals surface area contributed by atoms with E-state index in [1.165, 1.54) is 11.1 Å². The van der Waals surface area contributed by atoms with E-state index >= 15 is 0 Å². The summed E-state index contributed by atoms with van der Waals surface area (Å²) < 4.78 is 17.6. The van der Waals surface area contributed by atoms with Crippen LogP contribution < -0.4 is 5.46 Å². The van der Waals surface area contributed by atoms with Crippen LogP contribution >= 0.6 is 0 Å². The summed E-state index contributed by atoms with van der Waals surface area (Å²) in [5.41, 5.74) is 3.19. The molecular weight excluding hydrogens is 275 g/mol. The lowest BCUT2D eigenvalue weighted by Crippen LogP contribution is -2.41. The molecule has 22 heavy (non-hydrogen) atoms. The van der Waals surface area contributed by atoms with Gasteiger partial charge < -0.3 is 14.0 Å². The van der Waals surface area contributed by atoms with Crippen LogP contribution in [0.5, 0.6) is 0 Å². The number of hydrogen-bond donors (Lipinski definition) is 0. The predicted molar refractivity (Wildman–Crippen MR) is 90.2 cm³/mol. The van der Waals surface area contributed by atoms with E-state index < -0.39 is 0 Å². The van der Waals surface area contributed by atoms with Gasteiger partial charge in [-0.1, -0.05) is 35.9 Å². The average molecular weight is 300 g/mol. The Hall–Kier alpha value is -1.10. The Labute approximate surface area is 133 Å². The first-order chi connectivity index (χ1) is 10.4. The molecule has 2 saturated heterocycles. The van der Waals surface area contributed by atoms with Crippen molar-refractivity contribution in [1.29, 1.82) is 0 Å². The lowest BCUT2D eigenvalue weighted by Gasteiger charge is -2.32. The van der Waals surface area contributed by atoms with Gasteiger partial charge in [-0.25, -0.2) is 0 Å². The van der Waals surface area contributed by atoms with Crippen molar-refractivity contribution < 1.29 is 14.0 Å². The Morgan fingerprint density at radius 1 is 0.909 bits per heavy atom. The molecule has 3 nitrogen and oxygen atoms in total. The van der Waals surface area contributed by atoms with Crippen molar-refractivity contribution >= 4 is 18.7 Å². The van der Waals surface area contributed by atoms with Crippen molar-refractivity contribution in [3.8, 4) is 0 Å². The van der Waals surface area contributed by atoms with Crippen LogP contribution in [0.15, 0.2) is 29.8 Å². The fraction of sp³-hybridized carbons (Fsp3) is 0.556. The SMILES string of the molecule is CC1(C)OB(c2ccc(C=C3CCOCC3)cc2)OC1(C)C. The molecular formula is C18H25BO3. The van der Waals surface area contributed by atoms with Crippen LogP contribution in [0.2, 0.25) is 0 Å². The molecule has 0 saturated carbocycles. The first-order valence-corrected chi connectivity index (χ1v) is 8.10. The quantitative estimate of drug-likeness (QED) is 0.785. The molecule has 0 unspecified atom stereocenters. The number of rotatable bonds is 2. The lowest BCUT2D eigenvalue weighted by molar-refractivity contribution is 0.00578. The highest BCUT2D eigenvalue weighted by Gasteiger charge is 2.51. The third kappa shape index (κ3) is 3.14. The summed E-state index contributed by atoms with van der Waals surface area (Å²) in [6.45, 7) is 10.0. The maximum absolute atomic E-state index is 6.09. The van der Waals surface area contributed by atoms with E-state index in [1.54, 1.807) is 0 Å². The summed E-state index contributed by atoms with van der Waals surface area (Å²) in [5.74, 6) is 0. The first-order valence-electron chi connectivity index (χ1n) is 8.10. The van der Waals surface area contributed by atoms with E-state index in [1.807, 2.05) is 0 Å². The van der Waals surface area contributed by atoms with Crippen LogP contribution in [-0.2, 0) is 14.0 Å². The van der Waals surface area contributed by atoms with Crippen LogP contribution in [0.3, 0.4) is 0 Å². The number of benzene rings is 1. The topological polar surface area (TPSA) is 27.7 Å². The maximum atomic E-state index is 6.09. The smallest absolute Gasteiger partial charge is 0.399 e. The van der Waals surface area contributed by atoms with Crippen molar-refractivity contribution in [3.63, 3.8) is 0 Å². The van der Waals surface area contributed by atoms with Crippen LogP contribution in [-0.4, -0.2) is 31.5 Å². The van der Waals surface area contributed by atoms with Crippen LogP contribution in [0.25, 0.3) is 6.08 Å². The van der Waals surface area contributed by atoms with Crippen molar-refractivity contribution in [3.05, 3.63) is 35.4 Å². The maximum Gasteiger partial charge on any atom is 0.494 e. The Morgan fingerprint density at radius 2 is 1.45 bits per heavy atom. The monoisotopic (exact) mass is 300 g/mol. The minimum absolute atomic E-state index is 0.283. The molecule has 0 atom stereocenters. The van der Waals surface area contributed by atoms with E-state index in [0.717, 1.165) is 31.5 Å². The summed E-state index contributed by atoms with van der Waals surface area (Å²) in [6.07, 6.45) is 4.36. The van der Waals surface area contributed by atoms with Gasteiger partial charge in [-0.2, -0.15) is 0 Å². The van der Waals surface area contributed by atoms with E-state index in [4.69, 9.17) is 14.0 Å². The zero-order valence-electron chi connectivity index (χ0n) is 14.0. The van der Waals surface area contributed by atoms with Crippen LogP contribution in [0, 0.1) is 0 Å². The molecule has 2 heterocycles. The minimum atomic E-state index is -0.291. The molecule has 0 aliphatic carbocycles. The van der Waals surface area contributed by atoms with Gasteiger partial charge >= 0.3 is 7.12 Å². The molecule has 0 amide bonds. The van der Waals surface area contributed by atoms with Gasteiger partial charge in [0.2, 0.25) is 0 Å². The van der Waals surface area contributed by atoms with Crippen molar-refractivity contribution in [2.24, 2.45) is 0 Å². The highest BCUT2D eigenvalue weighted by molar-refractivity contribution is 6.62. The largest absolute Gasteiger partial charge is 0.494 e. The minimum Gasteiger partial charge on any atom is -0.399 e. The van der Waals surface area contributed by atoms with E-state index in [-0.39, 0.29) is 18.3 Å². The van der Waals surface area contributed by atoms with E-state index in [0.29, 0.717) is 0 Å². The van der Waals surface area contributed by atoms with Gasteiger partial charge in [-0.05, 0) is 51.6 Å². The molecule has 118 valence electrons. The predicted octanol–water partition coefficient (Wildman–Crippen LogP) is 3.18. The normalized spacial score (nSPS) is 23.6. The molecule has 0 radical (unpaired) electrons. The van der Waals surface area contributed by atoms with Crippen molar-refractivity contribution in [2.45, 2.75) is 51.7 Å². The van der Waals surface area contributed by atoms with Crippen molar-refractivity contribution in [1.82, 2.24) is 0 Å². The standard InChI is InChI=1S/C18H25BO3/c1-17(2)18(3,4)22-19(21-17)16-7-5-14(6-8-16)13-15-9-11-20-12-10-15/h5-8,13H,9-12H2,1-4H3. The fourth-order valence-corrected chi connectivity index (χ4v) is 2.74. The van der Waals surface area contributed by atoms with E-state index in [9.17, 15) is 0 Å². The second-order valence-corrected chi connectivity index (χ2v) is 7.17. The lowest BCUT2D eigenvalue weighted by atomic mass is 9.79. The number of ether oxygens (including phenoxy) is 1. The van der Waals surface area contributed by atoms with Gasteiger partial charge in [0.25, 0.3) is 0 Å². The molecule has 2 aliphatic heterocycles. The van der Waals surface area contributed by atoms with Crippen LogP contribution in [0.4, 0.5) is 0 Å². The average Bonchev–Trinajstić information content (AvgIpc) is 2.69. The van der Waals surface area contributed by atoms with Gasteiger partial charge in [-0.15, -0.1) is 0 Å². The summed E-state index contributed by atoms with van der Waals surface area (Å²) >= 11 is 0.